The average molecular weight is 240 g/mol. The van der Waals surface area contributed by atoms with Crippen LogP contribution in [0.5, 0.6) is 5.75 Å². The van der Waals surface area contributed by atoms with Gasteiger partial charge in [0.15, 0.2) is 0 Å². The van der Waals surface area contributed by atoms with E-state index in [0.29, 0.717) is 18.0 Å². The number of halogens is 1. The topological polar surface area (TPSA) is 33.3 Å². The van der Waals surface area contributed by atoms with Crippen LogP contribution in [-0.4, -0.2) is 25.7 Å². The molecule has 0 aliphatic heterocycles. The standard InChI is InChI=1S/C13H21FN2O/c1-13(2,3)16-8-7-15-12-9-10(17-4)5-6-11(12)14/h5-6,9,15-16H,7-8H2,1-4H3. The summed E-state index contributed by atoms with van der Waals surface area (Å²) in [7, 11) is 1.57. The molecule has 0 heterocycles. The maximum absolute atomic E-state index is 13.4. The van der Waals surface area contributed by atoms with Gasteiger partial charge < -0.3 is 15.4 Å². The van der Waals surface area contributed by atoms with Crippen LogP contribution >= 0.6 is 0 Å². The monoisotopic (exact) mass is 240 g/mol. The molecule has 96 valence electrons. The fourth-order valence-corrected chi connectivity index (χ4v) is 1.40. The molecule has 0 saturated heterocycles. The summed E-state index contributed by atoms with van der Waals surface area (Å²) in [5.74, 6) is 0.388. The largest absolute Gasteiger partial charge is 0.497 e. The number of hydrogen-bond acceptors (Lipinski definition) is 3. The highest BCUT2D eigenvalue weighted by Gasteiger charge is 2.08. The highest BCUT2D eigenvalue weighted by Crippen LogP contribution is 2.20. The molecule has 0 aliphatic rings. The van der Waals surface area contributed by atoms with E-state index in [4.69, 9.17) is 4.74 Å². The molecule has 0 radical (unpaired) electrons. The van der Waals surface area contributed by atoms with E-state index in [2.05, 4.69) is 31.4 Å². The van der Waals surface area contributed by atoms with Crippen molar-refractivity contribution in [2.75, 3.05) is 25.5 Å². The maximum atomic E-state index is 13.4. The van der Waals surface area contributed by atoms with Crippen molar-refractivity contribution in [3.05, 3.63) is 24.0 Å². The zero-order chi connectivity index (χ0) is 12.9. The molecule has 0 fully saturated rings. The number of ether oxygens (including phenoxy) is 1. The van der Waals surface area contributed by atoms with Gasteiger partial charge in [-0.2, -0.15) is 0 Å². The third-order valence-corrected chi connectivity index (χ3v) is 2.27. The lowest BCUT2D eigenvalue weighted by molar-refractivity contribution is 0.414. The molecule has 0 aromatic heterocycles. The smallest absolute Gasteiger partial charge is 0.146 e. The molecule has 0 unspecified atom stereocenters. The van der Waals surface area contributed by atoms with Crippen molar-refractivity contribution >= 4 is 5.69 Å². The fraction of sp³-hybridized carbons (Fsp3) is 0.538. The first-order valence-corrected chi connectivity index (χ1v) is 5.75. The van der Waals surface area contributed by atoms with E-state index in [1.165, 1.54) is 6.07 Å². The van der Waals surface area contributed by atoms with Crippen molar-refractivity contribution in [2.45, 2.75) is 26.3 Å². The Morgan fingerprint density at radius 3 is 2.53 bits per heavy atom. The van der Waals surface area contributed by atoms with E-state index >= 15 is 0 Å². The lowest BCUT2D eigenvalue weighted by Gasteiger charge is -2.20. The highest BCUT2D eigenvalue weighted by atomic mass is 19.1. The second-order valence-corrected chi connectivity index (χ2v) is 4.95. The van der Waals surface area contributed by atoms with Crippen molar-refractivity contribution in [3.63, 3.8) is 0 Å². The molecule has 0 aliphatic carbocycles. The van der Waals surface area contributed by atoms with Crippen molar-refractivity contribution < 1.29 is 9.13 Å². The number of anilines is 1. The number of benzene rings is 1. The van der Waals surface area contributed by atoms with Gasteiger partial charge in [-0.1, -0.05) is 0 Å². The average Bonchev–Trinajstić information content (AvgIpc) is 2.25. The Kier molecular flexibility index (Phi) is 4.75. The zero-order valence-electron chi connectivity index (χ0n) is 10.9. The fourth-order valence-electron chi connectivity index (χ4n) is 1.40. The minimum atomic E-state index is -0.262. The van der Waals surface area contributed by atoms with Crippen LogP contribution in [0.1, 0.15) is 20.8 Å². The Morgan fingerprint density at radius 1 is 1.24 bits per heavy atom. The SMILES string of the molecule is COc1ccc(F)c(NCCNC(C)(C)C)c1. The second kappa shape index (κ2) is 5.87. The van der Waals surface area contributed by atoms with Gasteiger partial charge in [-0.15, -0.1) is 0 Å². The van der Waals surface area contributed by atoms with E-state index < -0.39 is 0 Å². The molecule has 17 heavy (non-hydrogen) atoms. The first kappa shape index (κ1) is 13.8. The molecule has 1 aromatic carbocycles. The molecular weight excluding hydrogens is 219 g/mol. The number of rotatable bonds is 5. The van der Waals surface area contributed by atoms with Crippen molar-refractivity contribution in [1.29, 1.82) is 0 Å². The Morgan fingerprint density at radius 2 is 1.94 bits per heavy atom. The Bertz CT molecular complexity index is 361. The normalized spacial score (nSPS) is 11.4. The summed E-state index contributed by atoms with van der Waals surface area (Å²) in [6.45, 7) is 7.74. The number of hydrogen-bond donors (Lipinski definition) is 2. The van der Waals surface area contributed by atoms with Gasteiger partial charge in [0.1, 0.15) is 11.6 Å². The number of nitrogens with one attached hydrogen (secondary N) is 2. The predicted molar refractivity (Wildman–Crippen MR) is 69.2 cm³/mol. The zero-order valence-corrected chi connectivity index (χ0v) is 10.9. The first-order chi connectivity index (χ1) is 7.92. The van der Waals surface area contributed by atoms with Crippen LogP contribution < -0.4 is 15.4 Å². The number of methoxy groups -OCH3 is 1. The van der Waals surface area contributed by atoms with Gasteiger partial charge in [0.2, 0.25) is 0 Å². The molecule has 4 heteroatoms. The highest BCUT2D eigenvalue weighted by molar-refractivity contribution is 5.49. The second-order valence-electron chi connectivity index (χ2n) is 4.95. The molecule has 3 nitrogen and oxygen atoms in total. The van der Waals surface area contributed by atoms with E-state index in [1.54, 1.807) is 19.2 Å². The Labute approximate surface area is 102 Å². The summed E-state index contributed by atoms with van der Waals surface area (Å²) in [4.78, 5) is 0. The van der Waals surface area contributed by atoms with Crippen LogP contribution in [0.15, 0.2) is 18.2 Å². The summed E-state index contributed by atoms with van der Waals surface area (Å²) in [5.41, 5.74) is 0.550. The molecule has 2 N–H and O–H groups in total. The van der Waals surface area contributed by atoms with Gasteiger partial charge in [0.05, 0.1) is 12.8 Å². The van der Waals surface area contributed by atoms with Gasteiger partial charge in [0, 0.05) is 24.7 Å². The molecule has 0 amide bonds. The Hall–Kier alpha value is -1.29. The quantitative estimate of drug-likeness (QED) is 0.776. The minimum absolute atomic E-state index is 0.0780. The molecule has 0 spiro atoms. The lowest BCUT2D eigenvalue weighted by Crippen LogP contribution is -2.38. The molecule has 1 aromatic rings. The molecule has 0 saturated carbocycles. The summed E-state index contributed by atoms with van der Waals surface area (Å²) < 4.78 is 18.5. The summed E-state index contributed by atoms with van der Waals surface area (Å²) in [6.07, 6.45) is 0. The minimum Gasteiger partial charge on any atom is -0.497 e. The van der Waals surface area contributed by atoms with Crippen molar-refractivity contribution in [1.82, 2.24) is 5.32 Å². The van der Waals surface area contributed by atoms with Crippen molar-refractivity contribution in [2.24, 2.45) is 0 Å². The lowest BCUT2D eigenvalue weighted by atomic mass is 10.1. The predicted octanol–water partition coefficient (Wildman–Crippen LogP) is 2.63. The van der Waals surface area contributed by atoms with Crippen molar-refractivity contribution in [3.8, 4) is 5.75 Å². The Balaban J connectivity index is 2.46. The molecular formula is C13H21FN2O. The summed E-state index contributed by atoms with van der Waals surface area (Å²) in [5, 5.41) is 6.37. The molecule has 0 bridgehead atoms. The summed E-state index contributed by atoms with van der Waals surface area (Å²) in [6, 6.07) is 4.67. The van der Waals surface area contributed by atoms with E-state index in [9.17, 15) is 4.39 Å². The molecule has 1 rings (SSSR count). The van der Waals surface area contributed by atoms with Gasteiger partial charge in [-0.3, -0.25) is 0 Å². The van der Waals surface area contributed by atoms with Crippen LogP contribution in [0.4, 0.5) is 10.1 Å². The van der Waals surface area contributed by atoms with Gasteiger partial charge in [0.25, 0.3) is 0 Å². The van der Waals surface area contributed by atoms with E-state index in [1.807, 2.05) is 0 Å². The maximum Gasteiger partial charge on any atom is 0.146 e. The first-order valence-electron chi connectivity index (χ1n) is 5.75. The summed E-state index contributed by atoms with van der Waals surface area (Å²) >= 11 is 0. The van der Waals surface area contributed by atoms with E-state index in [0.717, 1.165) is 6.54 Å². The van der Waals surface area contributed by atoms with Crippen LogP contribution in [0.25, 0.3) is 0 Å². The van der Waals surface area contributed by atoms with E-state index in [-0.39, 0.29) is 11.4 Å². The molecule has 0 atom stereocenters. The van der Waals surface area contributed by atoms with Gasteiger partial charge in [-0.25, -0.2) is 4.39 Å². The van der Waals surface area contributed by atoms with Crippen LogP contribution in [0, 0.1) is 5.82 Å². The van der Waals surface area contributed by atoms with Crippen LogP contribution in [0.3, 0.4) is 0 Å². The third kappa shape index (κ3) is 5.04. The van der Waals surface area contributed by atoms with Gasteiger partial charge in [-0.05, 0) is 32.9 Å². The van der Waals surface area contributed by atoms with Crippen LogP contribution in [-0.2, 0) is 0 Å². The third-order valence-electron chi connectivity index (χ3n) is 2.27. The van der Waals surface area contributed by atoms with Crippen LogP contribution in [0.2, 0.25) is 0 Å². The van der Waals surface area contributed by atoms with Gasteiger partial charge >= 0.3 is 0 Å².